The Morgan fingerprint density at radius 2 is 1.15 bits per heavy atom. The van der Waals surface area contributed by atoms with Crippen LogP contribution >= 0.6 is 0 Å². The molecule has 5 nitrogen and oxygen atoms in total. The normalized spacial score (nSPS) is 9.30. The van der Waals surface area contributed by atoms with E-state index < -0.39 is 17.4 Å². The van der Waals surface area contributed by atoms with Crippen LogP contribution < -0.4 is 23.8 Å². The first-order chi connectivity index (χ1) is 8.49. The minimum absolute atomic E-state index is 0. The molecule has 0 fully saturated rings. The van der Waals surface area contributed by atoms with Gasteiger partial charge < -0.3 is 23.8 Å². The number of halogens is 2. The number of carbonyl (C=O) groups is 1. The van der Waals surface area contributed by atoms with E-state index in [1.807, 2.05) is 0 Å². The Labute approximate surface area is 114 Å². The van der Waals surface area contributed by atoms with Crippen LogP contribution in [0.1, 0.15) is 15.9 Å². The van der Waals surface area contributed by atoms with Crippen molar-refractivity contribution in [2.45, 2.75) is 0 Å². The number of nitrogen functional groups attached to an aromatic ring is 2. The number of carbonyl (C=O) groups excluding carboxylic acids is 1. The van der Waals surface area contributed by atoms with E-state index >= 15 is 0 Å². The molecule has 20 heavy (non-hydrogen) atoms. The molecule has 0 heterocycles. The van der Waals surface area contributed by atoms with Gasteiger partial charge in [0, 0.05) is 11.1 Å². The molecule has 0 saturated heterocycles. The minimum atomic E-state index is -0.592. The Morgan fingerprint density at radius 1 is 0.800 bits per heavy atom. The van der Waals surface area contributed by atoms with Crippen molar-refractivity contribution in [2.75, 3.05) is 11.5 Å². The lowest BCUT2D eigenvalue weighted by Crippen LogP contribution is -2.04. The van der Waals surface area contributed by atoms with Crippen LogP contribution in [0.3, 0.4) is 0 Å². The van der Waals surface area contributed by atoms with Gasteiger partial charge in [-0.2, -0.15) is 0 Å². The molecule has 0 radical (unpaired) electrons. The number of anilines is 2. The van der Waals surface area contributed by atoms with Crippen LogP contribution in [0.15, 0.2) is 36.4 Å². The lowest BCUT2D eigenvalue weighted by atomic mass is 10.0. The molecule has 0 saturated carbocycles. The SMILES string of the molecule is N.N.Nc1cc(C(=O)c2ccc(F)c(N)c2)ccc1F. The Kier molecular flexibility index (Phi) is 5.77. The summed E-state index contributed by atoms with van der Waals surface area (Å²) in [5, 5.41) is 0. The molecule has 2 rings (SSSR count). The smallest absolute Gasteiger partial charge is 0.193 e. The highest BCUT2D eigenvalue weighted by Gasteiger charge is 2.12. The van der Waals surface area contributed by atoms with Crippen LogP contribution in [0.2, 0.25) is 0 Å². The van der Waals surface area contributed by atoms with Gasteiger partial charge in [0.25, 0.3) is 0 Å². The first kappa shape index (κ1) is 17.5. The molecule has 0 amide bonds. The zero-order chi connectivity index (χ0) is 13.3. The van der Waals surface area contributed by atoms with Gasteiger partial charge in [-0.25, -0.2) is 8.78 Å². The summed E-state index contributed by atoms with van der Waals surface area (Å²) in [6.07, 6.45) is 0. The van der Waals surface area contributed by atoms with Crippen LogP contribution in [0.25, 0.3) is 0 Å². The van der Waals surface area contributed by atoms with E-state index in [0.717, 1.165) is 12.1 Å². The molecule has 0 aliphatic rings. The van der Waals surface area contributed by atoms with E-state index in [9.17, 15) is 13.6 Å². The topological polar surface area (TPSA) is 139 Å². The van der Waals surface area contributed by atoms with Crippen LogP contribution in [-0.2, 0) is 0 Å². The van der Waals surface area contributed by atoms with Crippen molar-refractivity contribution in [2.24, 2.45) is 0 Å². The number of hydrogen-bond acceptors (Lipinski definition) is 5. The summed E-state index contributed by atoms with van der Waals surface area (Å²) in [7, 11) is 0. The zero-order valence-electron chi connectivity index (χ0n) is 10.7. The zero-order valence-corrected chi connectivity index (χ0v) is 10.7. The van der Waals surface area contributed by atoms with Gasteiger partial charge in [0.15, 0.2) is 5.78 Å². The second-order valence-electron chi connectivity index (χ2n) is 3.80. The third kappa shape index (κ3) is 3.28. The third-order valence-electron chi connectivity index (χ3n) is 2.52. The van der Waals surface area contributed by atoms with E-state index in [1.165, 1.54) is 24.3 Å². The van der Waals surface area contributed by atoms with E-state index in [1.54, 1.807) is 0 Å². The van der Waals surface area contributed by atoms with Gasteiger partial charge in [0.05, 0.1) is 11.4 Å². The van der Waals surface area contributed by atoms with Crippen LogP contribution in [0, 0.1) is 11.6 Å². The summed E-state index contributed by atoms with van der Waals surface area (Å²) in [4.78, 5) is 12.0. The number of ketones is 1. The molecule has 0 spiro atoms. The number of hydrogen-bond donors (Lipinski definition) is 4. The highest BCUT2D eigenvalue weighted by molar-refractivity contribution is 6.09. The molecular formula is C13H16F2N4O. The monoisotopic (exact) mass is 282 g/mol. The fourth-order valence-corrected chi connectivity index (χ4v) is 1.54. The fourth-order valence-electron chi connectivity index (χ4n) is 1.54. The van der Waals surface area contributed by atoms with Gasteiger partial charge in [-0.1, -0.05) is 0 Å². The predicted octanol–water partition coefficient (Wildman–Crippen LogP) is 2.68. The molecular weight excluding hydrogens is 266 g/mol. The number of nitrogens with two attached hydrogens (primary N) is 2. The lowest BCUT2D eigenvalue weighted by molar-refractivity contribution is 0.103. The summed E-state index contributed by atoms with van der Waals surface area (Å²) in [6, 6.07) is 7.31. The third-order valence-corrected chi connectivity index (χ3v) is 2.52. The number of rotatable bonds is 2. The molecule has 2 aromatic carbocycles. The van der Waals surface area contributed by atoms with Crippen molar-refractivity contribution in [1.82, 2.24) is 12.3 Å². The Balaban J connectivity index is 0.00000180. The van der Waals surface area contributed by atoms with E-state index in [-0.39, 0.29) is 34.8 Å². The molecule has 0 unspecified atom stereocenters. The van der Waals surface area contributed by atoms with Gasteiger partial charge in [-0.15, -0.1) is 0 Å². The quantitative estimate of drug-likeness (QED) is 0.495. The van der Waals surface area contributed by atoms with Gasteiger partial charge >= 0.3 is 0 Å². The molecule has 2 aromatic rings. The minimum Gasteiger partial charge on any atom is -0.396 e. The summed E-state index contributed by atoms with van der Waals surface area (Å²) in [6.45, 7) is 0. The highest BCUT2D eigenvalue weighted by Crippen LogP contribution is 2.18. The highest BCUT2D eigenvalue weighted by atomic mass is 19.1. The molecule has 0 aliphatic carbocycles. The maximum Gasteiger partial charge on any atom is 0.193 e. The predicted molar refractivity (Wildman–Crippen MR) is 75.1 cm³/mol. The van der Waals surface area contributed by atoms with Crippen molar-refractivity contribution < 1.29 is 13.6 Å². The molecule has 7 heteroatoms. The van der Waals surface area contributed by atoms with Crippen molar-refractivity contribution in [1.29, 1.82) is 0 Å². The Morgan fingerprint density at radius 3 is 1.45 bits per heavy atom. The summed E-state index contributed by atoms with van der Waals surface area (Å²) in [5.74, 6) is -1.58. The summed E-state index contributed by atoms with van der Waals surface area (Å²) < 4.78 is 26.0. The standard InChI is InChI=1S/C13H10F2N2O.2H3N/c14-9-3-1-7(5-11(9)16)13(18)8-2-4-10(15)12(17)6-8;;/h1-6H,16-17H2;2*1H3. The van der Waals surface area contributed by atoms with Gasteiger partial charge in [0.2, 0.25) is 0 Å². The Hall–Kier alpha value is -2.51. The molecule has 10 N–H and O–H groups in total. The molecule has 108 valence electrons. The molecule has 0 aliphatic heterocycles. The second kappa shape index (κ2) is 6.60. The van der Waals surface area contributed by atoms with Gasteiger partial charge in [0.1, 0.15) is 11.6 Å². The maximum atomic E-state index is 13.0. The van der Waals surface area contributed by atoms with Crippen LogP contribution in [0.5, 0.6) is 0 Å². The lowest BCUT2D eigenvalue weighted by Gasteiger charge is -2.04. The number of benzene rings is 2. The summed E-state index contributed by atoms with van der Waals surface area (Å²) >= 11 is 0. The van der Waals surface area contributed by atoms with Crippen LogP contribution in [0.4, 0.5) is 20.2 Å². The average Bonchev–Trinajstić information content (AvgIpc) is 2.35. The Bertz CT molecular complexity index is 578. The van der Waals surface area contributed by atoms with Crippen LogP contribution in [-0.4, -0.2) is 5.78 Å². The first-order valence-electron chi connectivity index (χ1n) is 5.14. The van der Waals surface area contributed by atoms with E-state index in [2.05, 4.69) is 0 Å². The van der Waals surface area contributed by atoms with Gasteiger partial charge in [-0.05, 0) is 36.4 Å². The summed E-state index contributed by atoms with van der Waals surface area (Å²) in [5.41, 5.74) is 11.0. The van der Waals surface area contributed by atoms with Crippen molar-refractivity contribution >= 4 is 17.2 Å². The van der Waals surface area contributed by atoms with Gasteiger partial charge in [-0.3, -0.25) is 4.79 Å². The molecule has 0 atom stereocenters. The fraction of sp³-hybridized carbons (Fsp3) is 0. The van der Waals surface area contributed by atoms with E-state index in [4.69, 9.17) is 11.5 Å². The molecule has 0 aromatic heterocycles. The van der Waals surface area contributed by atoms with Crippen molar-refractivity contribution in [3.05, 3.63) is 59.2 Å². The van der Waals surface area contributed by atoms with E-state index in [0.29, 0.717) is 0 Å². The average molecular weight is 282 g/mol. The maximum absolute atomic E-state index is 13.0. The second-order valence-corrected chi connectivity index (χ2v) is 3.80. The van der Waals surface area contributed by atoms with Crippen molar-refractivity contribution in [3.8, 4) is 0 Å². The first-order valence-corrected chi connectivity index (χ1v) is 5.14. The largest absolute Gasteiger partial charge is 0.396 e. The molecule has 0 bridgehead atoms. The van der Waals surface area contributed by atoms with Crippen molar-refractivity contribution in [3.63, 3.8) is 0 Å².